The Morgan fingerprint density at radius 2 is 2.07 bits per heavy atom. The van der Waals surface area contributed by atoms with Gasteiger partial charge in [-0.2, -0.15) is 0 Å². The second kappa shape index (κ2) is 7.12. The van der Waals surface area contributed by atoms with Crippen molar-refractivity contribution in [3.8, 4) is 5.75 Å². The van der Waals surface area contributed by atoms with Crippen molar-refractivity contribution in [2.24, 2.45) is 0 Å². The van der Waals surface area contributed by atoms with Gasteiger partial charge in [-0.1, -0.05) is 6.07 Å². The van der Waals surface area contributed by atoms with Gasteiger partial charge in [0.25, 0.3) is 11.8 Å². The minimum atomic E-state index is -0.152. The minimum absolute atomic E-state index is 0.00154. The third-order valence-corrected chi connectivity index (χ3v) is 6.24. The van der Waals surface area contributed by atoms with Crippen molar-refractivity contribution in [1.82, 2.24) is 14.8 Å². The van der Waals surface area contributed by atoms with Gasteiger partial charge in [0, 0.05) is 44.5 Å². The van der Waals surface area contributed by atoms with Crippen LogP contribution in [0, 0.1) is 0 Å². The summed E-state index contributed by atoms with van der Waals surface area (Å²) in [5.41, 5.74) is 2.07. The Labute approximate surface area is 174 Å². The van der Waals surface area contributed by atoms with Gasteiger partial charge < -0.3 is 19.4 Å². The summed E-state index contributed by atoms with van der Waals surface area (Å²) in [7, 11) is 1.68. The lowest BCUT2D eigenvalue weighted by molar-refractivity contribution is -0.129. The maximum Gasteiger partial charge on any atom is 0.264 e. The molecule has 2 atom stereocenters. The summed E-state index contributed by atoms with van der Waals surface area (Å²) in [6.07, 6.45) is 4.58. The van der Waals surface area contributed by atoms with Gasteiger partial charge in [0.05, 0.1) is 17.8 Å². The normalized spacial score (nSPS) is 22.8. The average Bonchev–Trinajstić information content (AvgIpc) is 3.30. The highest BCUT2D eigenvalue weighted by Gasteiger charge is 2.48. The first-order valence-corrected chi connectivity index (χ1v) is 10.1. The smallest absolute Gasteiger partial charge is 0.264 e. The molecule has 4 heterocycles. The molecule has 3 amide bonds. The van der Waals surface area contributed by atoms with Gasteiger partial charge in [-0.15, -0.1) is 0 Å². The number of aromatic nitrogens is 1. The molecule has 3 aliphatic heterocycles. The van der Waals surface area contributed by atoms with Crippen LogP contribution in [0.1, 0.15) is 28.8 Å². The molecule has 30 heavy (non-hydrogen) atoms. The molecule has 1 aromatic carbocycles. The predicted octanol–water partition coefficient (Wildman–Crippen LogP) is 1.45. The molecule has 8 nitrogen and oxygen atoms in total. The number of benzene rings is 1. The van der Waals surface area contributed by atoms with Gasteiger partial charge in [0.1, 0.15) is 5.75 Å². The third kappa shape index (κ3) is 2.99. The van der Waals surface area contributed by atoms with Crippen molar-refractivity contribution in [2.45, 2.75) is 31.5 Å². The highest BCUT2D eigenvalue weighted by molar-refractivity contribution is 6.01. The van der Waals surface area contributed by atoms with Gasteiger partial charge >= 0.3 is 0 Å². The molecule has 0 spiro atoms. The first-order chi connectivity index (χ1) is 14.5. The molecule has 2 aromatic rings. The lowest BCUT2D eigenvalue weighted by atomic mass is 10.1. The molecule has 0 bridgehead atoms. The Bertz CT molecular complexity index is 1030. The van der Waals surface area contributed by atoms with E-state index >= 15 is 0 Å². The van der Waals surface area contributed by atoms with Crippen LogP contribution in [0.5, 0.6) is 5.75 Å². The van der Waals surface area contributed by atoms with Gasteiger partial charge in [0.2, 0.25) is 5.91 Å². The first kappa shape index (κ1) is 18.6. The molecule has 3 aliphatic rings. The van der Waals surface area contributed by atoms with Crippen molar-refractivity contribution >= 4 is 23.4 Å². The van der Waals surface area contributed by atoms with Crippen molar-refractivity contribution in [3.63, 3.8) is 0 Å². The Balaban J connectivity index is 1.36. The zero-order valence-corrected chi connectivity index (χ0v) is 16.7. The van der Waals surface area contributed by atoms with E-state index < -0.39 is 0 Å². The molecule has 0 unspecified atom stereocenters. The van der Waals surface area contributed by atoms with Crippen LogP contribution in [0.3, 0.4) is 0 Å². The number of amides is 3. The molecular formula is C22H22N4O4. The average molecular weight is 406 g/mol. The lowest BCUT2D eigenvalue weighted by Gasteiger charge is -2.28. The SMILES string of the molecule is CN1C(=O)COc2ccc(C(=O)N3CC[C@H]4[C@@H]3CC(=O)N4Cc3cccnc3)cc21. The number of likely N-dealkylation sites (N-methyl/N-ethyl adjacent to an activating group) is 1. The number of hydrogen-bond donors (Lipinski definition) is 0. The molecule has 154 valence electrons. The molecule has 1 aromatic heterocycles. The summed E-state index contributed by atoms with van der Waals surface area (Å²) in [6.45, 7) is 1.12. The van der Waals surface area contributed by atoms with Crippen molar-refractivity contribution in [1.29, 1.82) is 0 Å². The van der Waals surface area contributed by atoms with E-state index in [4.69, 9.17) is 4.74 Å². The zero-order chi connectivity index (χ0) is 20.8. The maximum atomic E-state index is 13.3. The Hall–Kier alpha value is -3.42. The fourth-order valence-corrected chi connectivity index (χ4v) is 4.65. The number of hydrogen-bond acceptors (Lipinski definition) is 5. The van der Waals surface area contributed by atoms with Gasteiger partial charge in [0.15, 0.2) is 6.61 Å². The number of ether oxygens (including phenoxy) is 1. The summed E-state index contributed by atoms with van der Waals surface area (Å²) in [4.78, 5) is 47.2. The van der Waals surface area contributed by atoms with E-state index in [0.717, 1.165) is 12.0 Å². The highest BCUT2D eigenvalue weighted by atomic mass is 16.5. The first-order valence-electron chi connectivity index (χ1n) is 10.1. The van der Waals surface area contributed by atoms with E-state index in [-0.39, 0.29) is 36.4 Å². The van der Waals surface area contributed by atoms with Crippen LogP contribution in [0.25, 0.3) is 0 Å². The van der Waals surface area contributed by atoms with Crippen molar-refractivity contribution < 1.29 is 19.1 Å². The van der Waals surface area contributed by atoms with Crippen LogP contribution in [-0.2, 0) is 16.1 Å². The lowest BCUT2D eigenvalue weighted by Crippen LogP contribution is -2.40. The zero-order valence-electron chi connectivity index (χ0n) is 16.7. The van der Waals surface area contributed by atoms with E-state index in [1.165, 1.54) is 4.90 Å². The number of fused-ring (bicyclic) bond motifs is 2. The molecule has 5 rings (SSSR count). The van der Waals surface area contributed by atoms with Crippen LogP contribution >= 0.6 is 0 Å². The highest BCUT2D eigenvalue weighted by Crippen LogP contribution is 2.36. The Kier molecular flexibility index (Phi) is 4.42. The van der Waals surface area contributed by atoms with Crippen LogP contribution in [0.15, 0.2) is 42.7 Å². The van der Waals surface area contributed by atoms with E-state index in [1.807, 2.05) is 17.0 Å². The maximum absolute atomic E-state index is 13.3. The van der Waals surface area contributed by atoms with Gasteiger partial charge in [-0.05, 0) is 36.2 Å². The van der Waals surface area contributed by atoms with E-state index in [2.05, 4.69) is 4.98 Å². The number of nitrogens with zero attached hydrogens (tertiary/aromatic N) is 4. The quantitative estimate of drug-likeness (QED) is 0.771. The minimum Gasteiger partial charge on any atom is -0.482 e. The standard InChI is InChI=1S/C22H22N4O4/c1-24-18-9-15(4-5-19(18)30-13-21(24)28)22(29)25-8-6-16-17(25)10-20(27)26(16)12-14-3-2-7-23-11-14/h2-5,7,9,11,16-17H,6,8,10,12-13H2,1H3/t16-,17-/m0/s1. The number of rotatable bonds is 3. The molecule has 0 N–H and O–H groups in total. The van der Waals surface area contributed by atoms with Crippen LogP contribution in [-0.4, -0.2) is 64.8 Å². The molecule has 2 fully saturated rings. The number of pyridine rings is 1. The third-order valence-electron chi connectivity index (χ3n) is 6.24. The summed E-state index contributed by atoms with van der Waals surface area (Å²) in [5.74, 6) is 0.385. The number of anilines is 1. The summed E-state index contributed by atoms with van der Waals surface area (Å²) in [5, 5.41) is 0. The van der Waals surface area contributed by atoms with Crippen LogP contribution in [0.2, 0.25) is 0 Å². The monoisotopic (exact) mass is 406 g/mol. The predicted molar refractivity (Wildman–Crippen MR) is 108 cm³/mol. The van der Waals surface area contributed by atoms with Crippen molar-refractivity contribution in [2.75, 3.05) is 25.1 Å². The fourth-order valence-electron chi connectivity index (χ4n) is 4.65. The number of carbonyl (C=O) groups excluding carboxylic acids is 3. The molecule has 0 radical (unpaired) electrons. The van der Waals surface area contributed by atoms with Gasteiger partial charge in [-0.3, -0.25) is 19.4 Å². The summed E-state index contributed by atoms with van der Waals surface area (Å²) in [6, 6.07) is 8.86. The summed E-state index contributed by atoms with van der Waals surface area (Å²) < 4.78 is 5.45. The molecule has 8 heteroatoms. The number of likely N-dealkylation sites (tertiary alicyclic amines) is 2. The fraction of sp³-hybridized carbons (Fsp3) is 0.364. The van der Waals surface area contributed by atoms with E-state index in [1.54, 1.807) is 42.5 Å². The molecular weight excluding hydrogens is 384 g/mol. The second-order valence-corrected chi connectivity index (χ2v) is 7.93. The largest absolute Gasteiger partial charge is 0.482 e. The molecule has 0 aliphatic carbocycles. The van der Waals surface area contributed by atoms with Crippen LogP contribution in [0.4, 0.5) is 5.69 Å². The van der Waals surface area contributed by atoms with Crippen molar-refractivity contribution in [3.05, 3.63) is 53.9 Å². The molecule has 0 saturated carbocycles. The number of carbonyl (C=O) groups is 3. The summed E-state index contributed by atoms with van der Waals surface area (Å²) >= 11 is 0. The molecule has 2 saturated heterocycles. The van der Waals surface area contributed by atoms with E-state index in [0.29, 0.717) is 36.5 Å². The van der Waals surface area contributed by atoms with Crippen LogP contribution < -0.4 is 9.64 Å². The Morgan fingerprint density at radius 1 is 1.20 bits per heavy atom. The Morgan fingerprint density at radius 3 is 2.87 bits per heavy atom. The van der Waals surface area contributed by atoms with E-state index in [9.17, 15) is 14.4 Å². The second-order valence-electron chi connectivity index (χ2n) is 7.93. The topological polar surface area (TPSA) is 83.0 Å². The van der Waals surface area contributed by atoms with Gasteiger partial charge in [-0.25, -0.2) is 0 Å².